The van der Waals surface area contributed by atoms with Gasteiger partial charge < -0.3 is 10.1 Å². The number of sulfone groups is 1. The molecule has 1 aromatic heterocycles. The standard InChI is InChI=1S/C21H21NO4S2/c1-15-8-10-16(11-9-15)19(28(24,25)20-7-4-12-27-20)14-22-21(23)17-5-3-6-18(13-17)26-2/h3-13,19H,14H2,1-2H3,(H,22,23)/t19-/m1/s1. The molecule has 0 unspecified atom stereocenters. The Hall–Kier alpha value is -2.64. The maximum atomic E-state index is 13.2. The highest BCUT2D eigenvalue weighted by Gasteiger charge is 2.30. The molecule has 0 bridgehead atoms. The average Bonchev–Trinajstić information content (AvgIpc) is 3.25. The van der Waals surface area contributed by atoms with Gasteiger partial charge in [-0.25, -0.2) is 8.42 Å². The molecule has 1 amide bonds. The van der Waals surface area contributed by atoms with Crippen molar-refractivity contribution < 1.29 is 17.9 Å². The molecule has 1 heterocycles. The fourth-order valence-electron chi connectivity index (χ4n) is 2.81. The smallest absolute Gasteiger partial charge is 0.251 e. The van der Waals surface area contributed by atoms with Gasteiger partial charge in [0.1, 0.15) is 15.2 Å². The summed E-state index contributed by atoms with van der Waals surface area (Å²) in [6.45, 7) is 1.91. The lowest BCUT2D eigenvalue weighted by molar-refractivity contribution is 0.0953. The summed E-state index contributed by atoms with van der Waals surface area (Å²) in [6.07, 6.45) is 0. The number of thiophene rings is 1. The predicted octanol–water partition coefficient (Wildman–Crippen LogP) is 4.01. The van der Waals surface area contributed by atoms with Gasteiger partial charge in [-0.05, 0) is 42.1 Å². The van der Waals surface area contributed by atoms with Gasteiger partial charge in [-0.15, -0.1) is 11.3 Å². The number of hydrogen-bond donors (Lipinski definition) is 1. The van der Waals surface area contributed by atoms with Gasteiger partial charge in [0.05, 0.1) is 7.11 Å². The van der Waals surface area contributed by atoms with Gasteiger partial charge in [-0.3, -0.25) is 4.79 Å². The molecule has 2 aromatic carbocycles. The van der Waals surface area contributed by atoms with E-state index < -0.39 is 15.1 Å². The van der Waals surface area contributed by atoms with Gasteiger partial charge in [0, 0.05) is 12.1 Å². The van der Waals surface area contributed by atoms with E-state index in [1.807, 2.05) is 19.1 Å². The molecule has 146 valence electrons. The van der Waals surface area contributed by atoms with E-state index >= 15 is 0 Å². The van der Waals surface area contributed by atoms with Crippen molar-refractivity contribution in [2.75, 3.05) is 13.7 Å². The zero-order chi connectivity index (χ0) is 20.1. The number of rotatable bonds is 7. The summed E-state index contributed by atoms with van der Waals surface area (Å²) in [4.78, 5) is 12.6. The zero-order valence-electron chi connectivity index (χ0n) is 15.6. The zero-order valence-corrected chi connectivity index (χ0v) is 17.2. The first-order chi connectivity index (χ1) is 13.4. The average molecular weight is 416 g/mol. The van der Waals surface area contributed by atoms with Crippen molar-refractivity contribution in [1.29, 1.82) is 0 Å². The number of amides is 1. The highest BCUT2D eigenvalue weighted by molar-refractivity contribution is 7.93. The van der Waals surface area contributed by atoms with Crippen LogP contribution in [0.15, 0.2) is 70.3 Å². The number of hydrogen-bond acceptors (Lipinski definition) is 5. The molecule has 1 N–H and O–H groups in total. The molecule has 7 heteroatoms. The summed E-state index contributed by atoms with van der Waals surface area (Å²) in [7, 11) is -2.11. The normalized spacial score (nSPS) is 12.4. The Morgan fingerprint density at radius 1 is 1.11 bits per heavy atom. The molecule has 1 atom stereocenters. The lowest BCUT2D eigenvalue weighted by atomic mass is 10.1. The van der Waals surface area contributed by atoms with Crippen LogP contribution in [-0.2, 0) is 9.84 Å². The minimum atomic E-state index is -3.64. The number of methoxy groups -OCH3 is 1. The summed E-state index contributed by atoms with van der Waals surface area (Å²) in [5, 5.41) is 3.62. The number of carbonyl (C=O) groups is 1. The van der Waals surface area contributed by atoms with Crippen LogP contribution in [0.4, 0.5) is 0 Å². The van der Waals surface area contributed by atoms with Crippen molar-refractivity contribution in [2.45, 2.75) is 16.4 Å². The summed E-state index contributed by atoms with van der Waals surface area (Å²) in [5.41, 5.74) is 2.09. The second-order valence-corrected chi connectivity index (χ2v) is 9.62. The Balaban J connectivity index is 1.87. The van der Waals surface area contributed by atoms with E-state index in [1.54, 1.807) is 53.9 Å². The molecule has 0 aliphatic rings. The molecule has 3 aromatic rings. The van der Waals surface area contributed by atoms with Gasteiger partial charge >= 0.3 is 0 Å². The first kappa shape index (κ1) is 20.1. The molecule has 3 rings (SSSR count). The van der Waals surface area contributed by atoms with E-state index in [0.717, 1.165) is 5.56 Å². The van der Waals surface area contributed by atoms with Crippen molar-refractivity contribution in [3.05, 3.63) is 82.7 Å². The van der Waals surface area contributed by atoms with Gasteiger partial charge in [0.15, 0.2) is 9.84 Å². The molecule has 0 aliphatic heterocycles. The molecule has 0 spiro atoms. The van der Waals surface area contributed by atoms with Crippen molar-refractivity contribution in [2.24, 2.45) is 0 Å². The topological polar surface area (TPSA) is 72.5 Å². The van der Waals surface area contributed by atoms with Gasteiger partial charge in [0.25, 0.3) is 5.91 Å². The van der Waals surface area contributed by atoms with Crippen LogP contribution < -0.4 is 10.1 Å². The van der Waals surface area contributed by atoms with E-state index in [0.29, 0.717) is 16.9 Å². The highest BCUT2D eigenvalue weighted by atomic mass is 32.2. The third kappa shape index (κ3) is 4.43. The molecule has 0 saturated heterocycles. The summed E-state index contributed by atoms with van der Waals surface area (Å²) in [6, 6.07) is 17.4. The van der Waals surface area contributed by atoms with Crippen LogP contribution in [-0.4, -0.2) is 28.0 Å². The van der Waals surface area contributed by atoms with Gasteiger partial charge in [0.2, 0.25) is 0 Å². The predicted molar refractivity (Wildman–Crippen MR) is 111 cm³/mol. The lowest BCUT2D eigenvalue weighted by Crippen LogP contribution is -2.31. The second kappa shape index (κ2) is 8.58. The molecule has 0 fully saturated rings. The number of carbonyl (C=O) groups excluding carboxylic acids is 1. The quantitative estimate of drug-likeness (QED) is 0.633. The SMILES string of the molecule is COc1cccc(C(=O)NC[C@H](c2ccc(C)cc2)S(=O)(=O)c2cccs2)c1. The summed E-state index contributed by atoms with van der Waals surface area (Å²) in [5.74, 6) is 0.214. The van der Waals surface area contributed by atoms with Crippen LogP contribution in [0.1, 0.15) is 26.7 Å². The number of aryl methyl sites for hydroxylation is 1. The number of benzene rings is 2. The first-order valence-corrected chi connectivity index (χ1v) is 11.1. The Labute approximate surface area is 168 Å². The Bertz CT molecular complexity index is 1040. The Morgan fingerprint density at radius 3 is 2.50 bits per heavy atom. The molecular formula is C21H21NO4S2. The van der Waals surface area contributed by atoms with Crippen LogP contribution in [0.2, 0.25) is 0 Å². The maximum Gasteiger partial charge on any atom is 0.251 e. The van der Waals surface area contributed by atoms with Crippen molar-refractivity contribution in [3.8, 4) is 5.75 Å². The summed E-state index contributed by atoms with van der Waals surface area (Å²) < 4.78 is 31.8. The minimum Gasteiger partial charge on any atom is -0.497 e. The van der Waals surface area contributed by atoms with E-state index in [-0.39, 0.29) is 16.7 Å². The van der Waals surface area contributed by atoms with Crippen LogP contribution in [0.25, 0.3) is 0 Å². The molecule has 0 saturated carbocycles. The van der Waals surface area contributed by atoms with Gasteiger partial charge in [-0.2, -0.15) is 0 Å². The molecule has 5 nitrogen and oxygen atoms in total. The largest absolute Gasteiger partial charge is 0.497 e. The molecular weight excluding hydrogens is 394 g/mol. The lowest BCUT2D eigenvalue weighted by Gasteiger charge is -2.18. The first-order valence-electron chi connectivity index (χ1n) is 8.68. The molecule has 28 heavy (non-hydrogen) atoms. The van der Waals surface area contributed by atoms with Crippen LogP contribution >= 0.6 is 11.3 Å². The van der Waals surface area contributed by atoms with E-state index in [4.69, 9.17) is 4.74 Å². The van der Waals surface area contributed by atoms with Crippen molar-refractivity contribution in [3.63, 3.8) is 0 Å². The van der Waals surface area contributed by atoms with Gasteiger partial charge in [-0.1, -0.05) is 42.0 Å². The van der Waals surface area contributed by atoms with Crippen LogP contribution in [0.3, 0.4) is 0 Å². The summed E-state index contributed by atoms with van der Waals surface area (Å²) >= 11 is 1.17. The fourth-order valence-corrected chi connectivity index (χ4v) is 5.67. The van der Waals surface area contributed by atoms with Crippen LogP contribution in [0, 0.1) is 6.92 Å². The third-order valence-corrected chi connectivity index (χ3v) is 7.91. The van der Waals surface area contributed by atoms with E-state index in [2.05, 4.69) is 5.32 Å². The fraction of sp³-hybridized carbons (Fsp3) is 0.190. The van der Waals surface area contributed by atoms with Crippen molar-refractivity contribution in [1.82, 2.24) is 5.32 Å². The molecule has 0 aliphatic carbocycles. The Morgan fingerprint density at radius 2 is 1.86 bits per heavy atom. The maximum absolute atomic E-state index is 13.2. The second-order valence-electron chi connectivity index (χ2n) is 6.32. The van der Waals surface area contributed by atoms with Crippen molar-refractivity contribution >= 4 is 27.1 Å². The molecule has 0 radical (unpaired) electrons. The van der Waals surface area contributed by atoms with E-state index in [1.165, 1.54) is 18.4 Å². The third-order valence-electron chi connectivity index (χ3n) is 4.38. The monoisotopic (exact) mass is 415 g/mol. The number of ether oxygens (including phenoxy) is 1. The van der Waals surface area contributed by atoms with Crippen LogP contribution in [0.5, 0.6) is 5.75 Å². The Kier molecular flexibility index (Phi) is 6.16. The highest BCUT2D eigenvalue weighted by Crippen LogP contribution is 2.31. The minimum absolute atomic E-state index is 0.0284. The van der Waals surface area contributed by atoms with E-state index in [9.17, 15) is 13.2 Å². The number of nitrogens with one attached hydrogen (secondary N) is 1.